The number of primary sulfonamides is 1. The predicted octanol–water partition coefficient (Wildman–Crippen LogP) is -1.98. The van der Waals surface area contributed by atoms with Crippen LogP contribution in [0.4, 0.5) is 10.1 Å². The molecule has 31 heavy (non-hydrogen) atoms. The Hall–Kier alpha value is -2.24. The largest absolute Gasteiger partial charge is 0.368 e. The smallest absolute Gasteiger partial charge is 0.242 e. The van der Waals surface area contributed by atoms with Crippen molar-refractivity contribution in [3.05, 3.63) is 12.1 Å². The van der Waals surface area contributed by atoms with E-state index in [9.17, 15) is 21.2 Å². The van der Waals surface area contributed by atoms with Crippen molar-refractivity contribution in [2.45, 2.75) is 41.4 Å². The third kappa shape index (κ3) is 4.83. The van der Waals surface area contributed by atoms with Crippen LogP contribution >= 0.6 is 0 Å². The second kappa shape index (κ2) is 8.71. The molecule has 2 heterocycles. The van der Waals surface area contributed by atoms with E-state index in [1.807, 2.05) is 0 Å². The highest BCUT2D eigenvalue weighted by molar-refractivity contribution is 7.92. The van der Waals surface area contributed by atoms with Crippen LogP contribution in [0.2, 0.25) is 0 Å². The number of alkyl halides is 1. The standard InChI is InChI=1S/C15H24FN9O4S2/c1-8(6-17)22-31(28,29)12-3-2-11(25-5-4-10(18)9(16)7-25)13(14(12)30(19,26)27)15-20-23-24-21-15/h2-3,8-10,22H,4-7,17-18H2,1H3,(H2,19,26,27)(H,20,21,23,24)/t8-,9-,10+/m1/s1. The first-order chi connectivity index (χ1) is 14.5. The number of aromatic amines is 1. The number of nitrogens with zero attached hydrogens (tertiary/aromatic N) is 4. The zero-order chi connectivity index (χ0) is 23.0. The van der Waals surface area contributed by atoms with E-state index in [4.69, 9.17) is 16.6 Å². The van der Waals surface area contributed by atoms with E-state index in [0.717, 1.165) is 6.07 Å². The molecule has 1 aromatic carbocycles. The second-order valence-electron chi connectivity index (χ2n) is 7.24. The van der Waals surface area contributed by atoms with E-state index < -0.39 is 48.1 Å². The molecular weight excluding hydrogens is 453 g/mol. The van der Waals surface area contributed by atoms with Crippen LogP contribution in [0.25, 0.3) is 11.4 Å². The molecule has 0 saturated carbocycles. The number of hydrogen-bond acceptors (Lipinski definition) is 10. The highest BCUT2D eigenvalue weighted by atomic mass is 32.2. The number of hydrogen-bond donors (Lipinski definition) is 5. The molecule has 8 N–H and O–H groups in total. The molecule has 0 radical (unpaired) electrons. The first-order valence-electron chi connectivity index (χ1n) is 9.26. The Bertz CT molecular complexity index is 1140. The van der Waals surface area contributed by atoms with Gasteiger partial charge in [0, 0.05) is 30.9 Å². The molecule has 0 aliphatic carbocycles. The molecule has 1 aromatic heterocycles. The molecule has 1 fully saturated rings. The van der Waals surface area contributed by atoms with Crippen molar-refractivity contribution in [1.82, 2.24) is 25.3 Å². The summed E-state index contributed by atoms with van der Waals surface area (Å²) in [5.41, 5.74) is 11.2. The molecule has 0 spiro atoms. The number of aromatic nitrogens is 4. The zero-order valence-electron chi connectivity index (χ0n) is 16.6. The van der Waals surface area contributed by atoms with Crippen molar-refractivity contribution in [3.8, 4) is 11.4 Å². The predicted molar refractivity (Wildman–Crippen MR) is 110 cm³/mol. The molecule has 13 nitrogen and oxygen atoms in total. The van der Waals surface area contributed by atoms with Crippen LogP contribution in [0.5, 0.6) is 0 Å². The van der Waals surface area contributed by atoms with Crippen molar-refractivity contribution in [2.75, 3.05) is 24.5 Å². The highest BCUT2D eigenvalue weighted by Crippen LogP contribution is 2.39. The Morgan fingerprint density at radius 3 is 2.61 bits per heavy atom. The summed E-state index contributed by atoms with van der Waals surface area (Å²) in [7, 11) is -8.97. The zero-order valence-corrected chi connectivity index (χ0v) is 18.2. The number of rotatable bonds is 7. The maximum absolute atomic E-state index is 14.3. The number of nitrogens with two attached hydrogens (primary N) is 3. The summed E-state index contributed by atoms with van der Waals surface area (Å²) in [5.74, 6) is -0.215. The minimum absolute atomic E-state index is 0.0222. The maximum Gasteiger partial charge on any atom is 0.242 e. The molecule has 3 atom stereocenters. The fraction of sp³-hybridized carbons (Fsp3) is 0.533. The fourth-order valence-corrected chi connectivity index (χ4v) is 6.17. The van der Waals surface area contributed by atoms with Gasteiger partial charge in [-0.1, -0.05) is 0 Å². The minimum Gasteiger partial charge on any atom is -0.368 e. The molecule has 2 aromatic rings. The van der Waals surface area contributed by atoms with Gasteiger partial charge in [-0.2, -0.15) is 5.21 Å². The monoisotopic (exact) mass is 477 g/mol. The van der Waals surface area contributed by atoms with E-state index in [0.29, 0.717) is 13.0 Å². The van der Waals surface area contributed by atoms with Crippen LogP contribution in [0.1, 0.15) is 13.3 Å². The molecule has 1 saturated heterocycles. The molecule has 3 rings (SSSR count). The van der Waals surface area contributed by atoms with Gasteiger partial charge in [-0.3, -0.25) is 0 Å². The van der Waals surface area contributed by atoms with Crippen molar-refractivity contribution < 1.29 is 21.2 Å². The van der Waals surface area contributed by atoms with Crippen molar-refractivity contribution in [2.24, 2.45) is 16.6 Å². The summed E-state index contributed by atoms with van der Waals surface area (Å²) in [4.78, 5) is 0.207. The third-order valence-electron chi connectivity index (χ3n) is 4.88. The number of piperidine rings is 1. The number of halogens is 1. The molecule has 0 bridgehead atoms. The Morgan fingerprint density at radius 1 is 1.35 bits per heavy atom. The summed E-state index contributed by atoms with van der Waals surface area (Å²) in [6.07, 6.45) is -1.08. The maximum atomic E-state index is 14.3. The Morgan fingerprint density at radius 2 is 2.06 bits per heavy atom. The van der Waals surface area contributed by atoms with E-state index in [-0.39, 0.29) is 30.2 Å². The van der Waals surface area contributed by atoms with Gasteiger partial charge in [0.05, 0.1) is 12.1 Å². The lowest BCUT2D eigenvalue weighted by atomic mass is 10.0. The Labute approximate surface area is 178 Å². The fourth-order valence-electron chi connectivity index (χ4n) is 3.31. The molecule has 0 unspecified atom stereocenters. The van der Waals surface area contributed by atoms with Gasteiger partial charge in [-0.25, -0.2) is 31.1 Å². The van der Waals surface area contributed by atoms with Gasteiger partial charge in [-0.15, -0.1) is 10.2 Å². The number of tetrazole rings is 1. The number of benzene rings is 1. The van der Waals surface area contributed by atoms with Gasteiger partial charge in [0.15, 0.2) is 0 Å². The Balaban J connectivity index is 2.29. The molecule has 0 amide bonds. The lowest BCUT2D eigenvalue weighted by Crippen LogP contribution is -2.49. The van der Waals surface area contributed by atoms with Gasteiger partial charge in [0.2, 0.25) is 25.9 Å². The van der Waals surface area contributed by atoms with Gasteiger partial charge >= 0.3 is 0 Å². The van der Waals surface area contributed by atoms with Gasteiger partial charge in [-0.05, 0) is 30.7 Å². The van der Waals surface area contributed by atoms with Crippen LogP contribution in [0.15, 0.2) is 21.9 Å². The quantitative estimate of drug-likeness (QED) is 0.296. The average Bonchev–Trinajstić information content (AvgIpc) is 3.22. The van der Waals surface area contributed by atoms with Crippen LogP contribution in [-0.2, 0) is 20.0 Å². The molecule has 172 valence electrons. The van der Waals surface area contributed by atoms with Crippen LogP contribution in [-0.4, -0.2) is 75.3 Å². The normalized spacial score (nSPS) is 21.3. The van der Waals surface area contributed by atoms with E-state index in [2.05, 4.69) is 25.3 Å². The second-order valence-corrected chi connectivity index (χ2v) is 10.4. The number of nitrogens with one attached hydrogen (secondary N) is 2. The number of H-pyrrole nitrogens is 1. The highest BCUT2D eigenvalue weighted by Gasteiger charge is 2.35. The summed E-state index contributed by atoms with van der Waals surface area (Å²) in [6, 6.07) is 1.10. The topological polar surface area (TPSA) is 216 Å². The number of sulfonamides is 2. The van der Waals surface area contributed by atoms with Gasteiger partial charge in [0.1, 0.15) is 16.0 Å². The van der Waals surface area contributed by atoms with E-state index in [1.54, 1.807) is 4.90 Å². The first-order valence-corrected chi connectivity index (χ1v) is 12.3. The van der Waals surface area contributed by atoms with E-state index >= 15 is 0 Å². The lowest BCUT2D eigenvalue weighted by Gasteiger charge is -2.35. The summed E-state index contributed by atoms with van der Waals surface area (Å²) in [5, 5.41) is 18.6. The van der Waals surface area contributed by atoms with Gasteiger partial charge in [0.25, 0.3) is 0 Å². The molecule has 1 aliphatic rings. The molecular formula is C15H24FN9O4S2. The Kier molecular flexibility index (Phi) is 6.59. The summed E-state index contributed by atoms with van der Waals surface area (Å²) in [6.45, 7) is 1.66. The average molecular weight is 478 g/mol. The van der Waals surface area contributed by atoms with Crippen molar-refractivity contribution in [1.29, 1.82) is 0 Å². The number of anilines is 1. The minimum atomic E-state index is -4.62. The van der Waals surface area contributed by atoms with Crippen molar-refractivity contribution in [3.63, 3.8) is 0 Å². The van der Waals surface area contributed by atoms with Gasteiger partial charge < -0.3 is 16.4 Å². The van der Waals surface area contributed by atoms with Crippen LogP contribution < -0.4 is 26.2 Å². The molecule has 1 aliphatic heterocycles. The summed E-state index contributed by atoms with van der Waals surface area (Å²) < 4.78 is 67.6. The first kappa shape index (κ1) is 23.4. The van der Waals surface area contributed by atoms with Crippen LogP contribution in [0.3, 0.4) is 0 Å². The van der Waals surface area contributed by atoms with Crippen LogP contribution in [0, 0.1) is 0 Å². The SMILES string of the molecule is C[C@H](CN)NS(=O)(=O)c1ccc(N2CC[C@H](N)[C@H](F)C2)c(-c2nn[nH]n2)c1S(N)(=O)=O. The lowest BCUT2D eigenvalue weighted by molar-refractivity contribution is 0.251. The van der Waals surface area contributed by atoms with E-state index in [1.165, 1.54) is 13.0 Å². The third-order valence-corrected chi connectivity index (χ3v) is 7.64. The van der Waals surface area contributed by atoms with Crippen molar-refractivity contribution >= 4 is 25.7 Å². The summed E-state index contributed by atoms with van der Waals surface area (Å²) >= 11 is 0. The molecule has 16 heteroatoms.